The molecular weight excluding hydrogens is 320 g/mol. The fourth-order valence-electron chi connectivity index (χ4n) is 2.94. The van der Waals surface area contributed by atoms with Crippen LogP contribution in [0.2, 0.25) is 0 Å². The van der Waals surface area contributed by atoms with Gasteiger partial charge in [-0.2, -0.15) is 0 Å². The molecule has 3 rings (SSSR count). The van der Waals surface area contributed by atoms with Gasteiger partial charge in [0, 0.05) is 7.11 Å². The summed E-state index contributed by atoms with van der Waals surface area (Å²) in [5, 5.41) is 9.63. The van der Waals surface area contributed by atoms with Crippen LogP contribution in [0.15, 0.2) is 60.7 Å². The number of aliphatic hydroxyl groups is 1. The Morgan fingerprint density at radius 3 is 1.84 bits per heavy atom. The van der Waals surface area contributed by atoms with E-state index in [0.717, 1.165) is 11.1 Å². The molecule has 0 bridgehead atoms. The summed E-state index contributed by atoms with van der Waals surface area (Å²) in [7, 11) is 1.57. The zero-order valence-corrected chi connectivity index (χ0v) is 14.3. The lowest BCUT2D eigenvalue weighted by molar-refractivity contribution is -0.169. The molecule has 1 aliphatic heterocycles. The molecule has 0 aliphatic carbocycles. The Labute approximate surface area is 148 Å². The Bertz CT molecular complexity index is 563. The maximum absolute atomic E-state index is 9.63. The van der Waals surface area contributed by atoms with Gasteiger partial charge in [0.2, 0.25) is 0 Å². The van der Waals surface area contributed by atoms with E-state index in [1.54, 1.807) is 7.11 Å². The lowest BCUT2D eigenvalue weighted by Gasteiger charge is -2.24. The summed E-state index contributed by atoms with van der Waals surface area (Å²) in [5.74, 6) is 0. The van der Waals surface area contributed by atoms with Crippen LogP contribution in [0.25, 0.3) is 0 Å². The predicted molar refractivity (Wildman–Crippen MR) is 92.8 cm³/mol. The molecule has 0 spiro atoms. The van der Waals surface area contributed by atoms with Crippen molar-refractivity contribution in [3.05, 3.63) is 71.8 Å². The highest BCUT2D eigenvalue weighted by Crippen LogP contribution is 2.28. The van der Waals surface area contributed by atoms with Gasteiger partial charge in [0.1, 0.15) is 18.3 Å². The second-order valence-electron chi connectivity index (χ2n) is 5.98. The van der Waals surface area contributed by atoms with Crippen molar-refractivity contribution in [2.75, 3.05) is 13.7 Å². The molecule has 2 aromatic rings. The number of methoxy groups -OCH3 is 1. The zero-order valence-electron chi connectivity index (χ0n) is 14.3. The molecule has 4 atom stereocenters. The van der Waals surface area contributed by atoms with E-state index in [2.05, 4.69) is 0 Å². The van der Waals surface area contributed by atoms with Gasteiger partial charge in [-0.15, -0.1) is 0 Å². The third kappa shape index (κ3) is 4.66. The maximum Gasteiger partial charge on any atom is 0.186 e. The fourth-order valence-corrected chi connectivity index (χ4v) is 2.94. The van der Waals surface area contributed by atoms with Gasteiger partial charge in [0.15, 0.2) is 6.29 Å². The second kappa shape index (κ2) is 9.08. The van der Waals surface area contributed by atoms with Crippen LogP contribution in [-0.2, 0) is 32.2 Å². The minimum Gasteiger partial charge on any atom is -0.394 e. The van der Waals surface area contributed by atoms with Crippen molar-refractivity contribution >= 4 is 0 Å². The summed E-state index contributed by atoms with van der Waals surface area (Å²) in [5.41, 5.74) is 2.12. The van der Waals surface area contributed by atoms with E-state index in [1.165, 1.54) is 0 Å². The monoisotopic (exact) mass is 344 g/mol. The highest BCUT2D eigenvalue weighted by molar-refractivity contribution is 5.14. The van der Waals surface area contributed by atoms with Gasteiger partial charge in [-0.05, 0) is 11.1 Å². The lowest BCUT2D eigenvalue weighted by Crippen LogP contribution is -2.39. The summed E-state index contributed by atoms with van der Waals surface area (Å²) < 4.78 is 23.2. The average Bonchev–Trinajstić information content (AvgIpc) is 3.03. The molecular formula is C20H24O5. The number of hydrogen-bond acceptors (Lipinski definition) is 5. The first-order chi connectivity index (χ1) is 12.3. The van der Waals surface area contributed by atoms with Crippen LogP contribution in [0.4, 0.5) is 0 Å². The van der Waals surface area contributed by atoms with Gasteiger partial charge < -0.3 is 24.1 Å². The first-order valence-electron chi connectivity index (χ1n) is 8.42. The molecule has 4 unspecified atom stereocenters. The molecule has 1 fully saturated rings. The Kier molecular flexibility index (Phi) is 6.55. The second-order valence-corrected chi connectivity index (χ2v) is 5.98. The highest BCUT2D eigenvalue weighted by Gasteiger charge is 2.46. The molecule has 1 aliphatic rings. The number of hydrogen-bond donors (Lipinski definition) is 1. The summed E-state index contributed by atoms with van der Waals surface area (Å²) in [6.07, 6.45) is -1.86. The van der Waals surface area contributed by atoms with E-state index in [-0.39, 0.29) is 6.61 Å². The third-order valence-electron chi connectivity index (χ3n) is 4.25. The Balaban J connectivity index is 1.66. The van der Waals surface area contributed by atoms with Gasteiger partial charge in [-0.25, -0.2) is 0 Å². The molecule has 0 aromatic heterocycles. The summed E-state index contributed by atoms with van der Waals surface area (Å²) in [6, 6.07) is 19.8. The summed E-state index contributed by atoms with van der Waals surface area (Å²) in [6.45, 7) is 0.704. The molecule has 25 heavy (non-hydrogen) atoms. The van der Waals surface area contributed by atoms with E-state index >= 15 is 0 Å². The van der Waals surface area contributed by atoms with E-state index in [0.29, 0.717) is 13.2 Å². The van der Waals surface area contributed by atoms with Crippen molar-refractivity contribution in [3.8, 4) is 0 Å². The molecule has 0 amide bonds. The molecule has 5 heteroatoms. The van der Waals surface area contributed by atoms with Crippen molar-refractivity contribution in [3.63, 3.8) is 0 Å². The van der Waals surface area contributed by atoms with Gasteiger partial charge in [-0.3, -0.25) is 0 Å². The van der Waals surface area contributed by atoms with E-state index in [4.69, 9.17) is 18.9 Å². The topological polar surface area (TPSA) is 57.2 Å². The van der Waals surface area contributed by atoms with Crippen molar-refractivity contribution < 1.29 is 24.1 Å². The van der Waals surface area contributed by atoms with Crippen LogP contribution >= 0.6 is 0 Å². The fraction of sp³-hybridized carbons (Fsp3) is 0.400. The molecule has 2 aromatic carbocycles. The smallest absolute Gasteiger partial charge is 0.186 e. The maximum atomic E-state index is 9.63. The summed E-state index contributed by atoms with van der Waals surface area (Å²) in [4.78, 5) is 0. The third-order valence-corrected chi connectivity index (χ3v) is 4.25. The Hall–Kier alpha value is -1.76. The SMILES string of the molecule is COC1OC(CO)C(OCc2ccccc2)C1OCc1ccccc1. The van der Waals surface area contributed by atoms with Crippen LogP contribution in [0.5, 0.6) is 0 Å². The molecule has 1 heterocycles. The lowest BCUT2D eigenvalue weighted by atomic mass is 10.1. The highest BCUT2D eigenvalue weighted by atomic mass is 16.7. The zero-order chi connectivity index (χ0) is 17.5. The standard InChI is InChI=1S/C20H24O5/c1-22-20-19(24-14-16-10-6-3-7-11-16)18(17(12-21)25-20)23-13-15-8-4-2-5-9-15/h2-11,17-21H,12-14H2,1H3. The Morgan fingerprint density at radius 2 is 1.36 bits per heavy atom. The van der Waals surface area contributed by atoms with Crippen LogP contribution in [0, 0.1) is 0 Å². The molecule has 1 saturated heterocycles. The first-order valence-corrected chi connectivity index (χ1v) is 8.42. The number of ether oxygens (including phenoxy) is 4. The normalized spacial score (nSPS) is 26.0. The van der Waals surface area contributed by atoms with Crippen molar-refractivity contribution in [2.24, 2.45) is 0 Å². The largest absolute Gasteiger partial charge is 0.394 e. The van der Waals surface area contributed by atoms with Crippen LogP contribution in [0.3, 0.4) is 0 Å². The first kappa shape index (κ1) is 18.0. The quantitative estimate of drug-likeness (QED) is 0.797. The van der Waals surface area contributed by atoms with Crippen LogP contribution in [0.1, 0.15) is 11.1 Å². The molecule has 134 valence electrons. The minimum absolute atomic E-state index is 0.148. The van der Waals surface area contributed by atoms with Crippen molar-refractivity contribution in [2.45, 2.75) is 37.8 Å². The van der Waals surface area contributed by atoms with Crippen LogP contribution in [-0.4, -0.2) is 43.4 Å². The molecule has 5 nitrogen and oxygen atoms in total. The van der Waals surface area contributed by atoms with Crippen LogP contribution < -0.4 is 0 Å². The average molecular weight is 344 g/mol. The van der Waals surface area contributed by atoms with E-state index < -0.39 is 24.6 Å². The van der Waals surface area contributed by atoms with E-state index in [9.17, 15) is 5.11 Å². The van der Waals surface area contributed by atoms with Gasteiger partial charge in [-0.1, -0.05) is 60.7 Å². The van der Waals surface area contributed by atoms with E-state index in [1.807, 2.05) is 60.7 Å². The number of rotatable bonds is 8. The molecule has 0 saturated carbocycles. The summed E-state index contributed by atoms with van der Waals surface area (Å²) >= 11 is 0. The van der Waals surface area contributed by atoms with Crippen molar-refractivity contribution in [1.29, 1.82) is 0 Å². The number of benzene rings is 2. The van der Waals surface area contributed by atoms with Gasteiger partial charge >= 0.3 is 0 Å². The predicted octanol–water partition coefficient (Wildman–Crippen LogP) is 2.52. The minimum atomic E-state index is -0.568. The molecule has 1 N–H and O–H groups in total. The van der Waals surface area contributed by atoms with Crippen molar-refractivity contribution in [1.82, 2.24) is 0 Å². The molecule has 0 radical (unpaired) electrons. The van der Waals surface area contributed by atoms with Gasteiger partial charge in [0.25, 0.3) is 0 Å². The number of aliphatic hydroxyl groups excluding tert-OH is 1. The Morgan fingerprint density at radius 1 is 0.840 bits per heavy atom. The van der Waals surface area contributed by atoms with Gasteiger partial charge in [0.05, 0.1) is 19.8 Å².